The van der Waals surface area contributed by atoms with Gasteiger partial charge in [-0.05, 0) is 48.4 Å². The maximum Gasteiger partial charge on any atom is 0.243 e. The Morgan fingerprint density at radius 2 is 1.76 bits per heavy atom. The highest BCUT2D eigenvalue weighted by Crippen LogP contribution is 2.27. The highest BCUT2D eigenvalue weighted by atomic mass is 35.5. The van der Waals surface area contributed by atoms with E-state index in [9.17, 15) is 18.3 Å². The van der Waals surface area contributed by atoms with Crippen molar-refractivity contribution in [1.82, 2.24) is 9.62 Å². The third-order valence-corrected chi connectivity index (χ3v) is 7.39. The summed E-state index contributed by atoms with van der Waals surface area (Å²) >= 11 is 17.8. The molecule has 1 aliphatic heterocycles. The second kappa shape index (κ2) is 9.20. The summed E-state index contributed by atoms with van der Waals surface area (Å²) in [5, 5.41) is 14.1. The van der Waals surface area contributed by atoms with Crippen LogP contribution in [0.25, 0.3) is 0 Å². The number of aliphatic hydroxyl groups is 1. The molecule has 0 radical (unpaired) electrons. The van der Waals surface area contributed by atoms with E-state index in [4.69, 9.17) is 34.8 Å². The second-order valence-electron chi connectivity index (χ2n) is 6.71. The standard InChI is InChI=1S/C19H19Cl3N2O4S/c20-13-3-5-16(6-4-13)29(27,28)24-11-15(25)10-18(24)19(26)23-8-7-12-1-2-14(21)9-17(12)22/h1-6,9,15,18,25H,7-8,10-11H2,(H,23,26)/t15-,18-/m1/s1. The van der Waals surface area contributed by atoms with E-state index in [1.54, 1.807) is 18.2 Å². The predicted octanol–water partition coefficient (Wildman–Crippen LogP) is 3.13. The van der Waals surface area contributed by atoms with Crippen LogP contribution in [0.4, 0.5) is 0 Å². The molecule has 1 heterocycles. The first-order valence-electron chi connectivity index (χ1n) is 8.85. The van der Waals surface area contributed by atoms with Gasteiger partial charge < -0.3 is 10.4 Å². The molecule has 1 saturated heterocycles. The minimum Gasteiger partial charge on any atom is -0.392 e. The molecule has 6 nitrogen and oxygen atoms in total. The molecule has 2 aromatic rings. The van der Waals surface area contributed by atoms with Gasteiger partial charge in [0.25, 0.3) is 0 Å². The van der Waals surface area contributed by atoms with Gasteiger partial charge in [-0.25, -0.2) is 8.42 Å². The molecule has 0 unspecified atom stereocenters. The molecule has 2 atom stereocenters. The Morgan fingerprint density at radius 3 is 2.41 bits per heavy atom. The molecule has 1 aliphatic rings. The number of carbonyl (C=O) groups excluding carboxylic acids is 1. The molecule has 156 valence electrons. The molecule has 10 heteroatoms. The van der Waals surface area contributed by atoms with Crippen molar-refractivity contribution in [2.75, 3.05) is 13.1 Å². The molecule has 0 spiro atoms. The molecule has 2 aromatic carbocycles. The highest BCUT2D eigenvalue weighted by molar-refractivity contribution is 7.89. The lowest BCUT2D eigenvalue weighted by Crippen LogP contribution is -2.46. The number of carbonyl (C=O) groups is 1. The Hall–Kier alpha value is -1.35. The number of aliphatic hydroxyl groups excluding tert-OH is 1. The van der Waals surface area contributed by atoms with Crippen LogP contribution in [0.5, 0.6) is 0 Å². The number of amides is 1. The molecule has 3 rings (SSSR count). The Labute approximate surface area is 184 Å². The van der Waals surface area contributed by atoms with Gasteiger partial charge in [-0.15, -0.1) is 0 Å². The molecular formula is C19H19Cl3N2O4S. The molecule has 1 amide bonds. The molecule has 1 fully saturated rings. The number of nitrogens with one attached hydrogen (secondary N) is 1. The quantitative estimate of drug-likeness (QED) is 0.669. The normalized spacial score (nSPS) is 20.0. The zero-order valence-electron chi connectivity index (χ0n) is 15.2. The average Bonchev–Trinajstić information content (AvgIpc) is 3.06. The fraction of sp³-hybridized carbons (Fsp3) is 0.316. The van der Waals surface area contributed by atoms with Crippen LogP contribution < -0.4 is 5.32 Å². The Bertz CT molecular complexity index is 999. The summed E-state index contributed by atoms with van der Waals surface area (Å²) < 4.78 is 26.9. The van der Waals surface area contributed by atoms with Crippen LogP contribution in [-0.2, 0) is 21.2 Å². The minimum atomic E-state index is -3.95. The lowest BCUT2D eigenvalue weighted by molar-refractivity contribution is -0.124. The first kappa shape index (κ1) is 22.3. The second-order valence-corrected chi connectivity index (χ2v) is 9.88. The summed E-state index contributed by atoms with van der Waals surface area (Å²) in [7, 11) is -3.95. The van der Waals surface area contributed by atoms with Gasteiger partial charge in [0, 0.05) is 34.6 Å². The third-order valence-electron chi connectivity index (χ3n) is 4.67. The molecular weight excluding hydrogens is 459 g/mol. The topological polar surface area (TPSA) is 86.7 Å². The number of halogens is 3. The van der Waals surface area contributed by atoms with Gasteiger partial charge in [-0.3, -0.25) is 4.79 Å². The summed E-state index contributed by atoms with van der Waals surface area (Å²) in [5.41, 5.74) is 0.813. The van der Waals surface area contributed by atoms with Crippen LogP contribution in [0.3, 0.4) is 0 Å². The molecule has 29 heavy (non-hydrogen) atoms. The minimum absolute atomic E-state index is 0.0155. The van der Waals surface area contributed by atoms with Crippen LogP contribution in [0, 0.1) is 0 Å². The lowest BCUT2D eigenvalue weighted by Gasteiger charge is -2.23. The van der Waals surface area contributed by atoms with Crippen LogP contribution in [-0.4, -0.2) is 49.0 Å². The molecule has 2 N–H and O–H groups in total. The zero-order chi connectivity index (χ0) is 21.2. The van der Waals surface area contributed by atoms with Crippen molar-refractivity contribution in [3.8, 4) is 0 Å². The van der Waals surface area contributed by atoms with Crippen molar-refractivity contribution in [3.63, 3.8) is 0 Å². The van der Waals surface area contributed by atoms with E-state index < -0.39 is 28.1 Å². The smallest absolute Gasteiger partial charge is 0.243 e. The zero-order valence-corrected chi connectivity index (χ0v) is 18.3. The number of benzene rings is 2. The molecule has 0 saturated carbocycles. The fourth-order valence-electron chi connectivity index (χ4n) is 3.19. The average molecular weight is 478 g/mol. The number of hydrogen-bond acceptors (Lipinski definition) is 4. The third kappa shape index (κ3) is 5.23. The van der Waals surface area contributed by atoms with E-state index in [-0.39, 0.29) is 24.4 Å². The first-order valence-corrected chi connectivity index (χ1v) is 11.4. The van der Waals surface area contributed by atoms with Gasteiger partial charge in [-0.2, -0.15) is 4.31 Å². The van der Waals surface area contributed by atoms with Crippen molar-refractivity contribution >= 4 is 50.7 Å². The van der Waals surface area contributed by atoms with Crippen molar-refractivity contribution in [1.29, 1.82) is 0 Å². The van der Waals surface area contributed by atoms with E-state index >= 15 is 0 Å². The van der Waals surface area contributed by atoms with Gasteiger partial charge in [0.2, 0.25) is 15.9 Å². The van der Waals surface area contributed by atoms with Crippen LogP contribution >= 0.6 is 34.8 Å². The summed E-state index contributed by atoms with van der Waals surface area (Å²) in [6, 6.07) is 9.78. The Morgan fingerprint density at radius 1 is 1.10 bits per heavy atom. The fourth-order valence-corrected chi connectivity index (χ4v) is 5.46. The Balaban J connectivity index is 1.69. The van der Waals surface area contributed by atoms with Gasteiger partial charge >= 0.3 is 0 Å². The molecule has 0 aromatic heterocycles. The highest BCUT2D eigenvalue weighted by Gasteiger charge is 2.43. The number of nitrogens with zero attached hydrogens (tertiary/aromatic N) is 1. The number of sulfonamides is 1. The van der Waals surface area contributed by atoms with Crippen molar-refractivity contribution < 1.29 is 18.3 Å². The maximum atomic E-state index is 12.9. The largest absolute Gasteiger partial charge is 0.392 e. The van der Waals surface area contributed by atoms with E-state index in [1.165, 1.54) is 24.3 Å². The SMILES string of the molecule is O=C(NCCc1ccc(Cl)cc1Cl)[C@H]1C[C@@H](O)CN1S(=O)(=O)c1ccc(Cl)cc1. The molecule has 0 aliphatic carbocycles. The summed E-state index contributed by atoms with van der Waals surface area (Å²) in [6.45, 7) is 0.119. The van der Waals surface area contributed by atoms with Gasteiger partial charge in [0.05, 0.1) is 11.0 Å². The van der Waals surface area contributed by atoms with Crippen molar-refractivity contribution in [3.05, 3.63) is 63.1 Å². The summed E-state index contributed by atoms with van der Waals surface area (Å²) in [5.74, 6) is -0.468. The number of hydrogen-bond donors (Lipinski definition) is 2. The van der Waals surface area contributed by atoms with Gasteiger partial charge in [-0.1, -0.05) is 40.9 Å². The van der Waals surface area contributed by atoms with Crippen molar-refractivity contribution in [2.45, 2.75) is 29.9 Å². The van der Waals surface area contributed by atoms with Gasteiger partial charge in [0.15, 0.2) is 0 Å². The van der Waals surface area contributed by atoms with Gasteiger partial charge in [0.1, 0.15) is 6.04 Å². The summed E-state index contributed by atoms with van der Waals surface area (Å²) in [4.78, 5) is 12.7. The lowest BCUT2D eigenvalue weighted by atomic mass is 10.1. The van der Waals surface area contributed by atoms with Crippen LogP contribution in [0.2, 0.25) is 15.1 Å². The van der Waals surface area contributed by atoms with E-state index in [2.05, 4.69) is 5.32 Å². The van der Waals surface area contributed by atoms with Crippen molar-refractivity contribution in [2.24, 2.45) is 0 Å². The van der Waals surface area contributed by atoms with E-state index in [0.717, 1.165) is 9.87 Å². The van der Waals surface area contributed by atoms with Crippen LogP contribution in [0.15, 0.2) is 47.4 Å². The van der Waals surface area contributed by atoms with Crippen LogP contribution in [0.1, 0.15) is 12.0 Å². The predicted molar refractivity (Wildman–Crippen MR) is 113 cm³/mol. The number of rotatable bonds is 6. The Kier molecular flexibility index (Phi) is 7.09. The molecule has 0 bridgehead atoms. The maximum absolute atomic E-state index is 12.9. The summed E-state index contributed by atoms with van der Waals surface area (Å²) in [6.07, 6.45) is -0.431. The number of β-amino-alcohol motifs (C(OH)–C–C–N with tert-alkyl or cyclic N) is 1. The monoisotopic (exact) mass is 476 g/mol. The first-order chi connectivity index (χ1) is 13.7. The van der Waals surface area contributed by atoms with E-state index in [0.29, 0.717) is 21.5 Å². The van der Waals surface area contributed by atoms with E-state index in [1.807, 2.05) is 0 Å².